The largest absolute Gasteiger partial charge is 0.349 e. The number of rotatable bonds is 5. The molecule has 2 aromatic carbocycles. The fraction of sp³-hybridized carbons (Fsp3) is 0.318. The van der Waals surface area contributed by atoms with Crippen LogP contribution in [0.4, 0.5) is 0 Å². The summed E-state index contributed by atoms with van der Waals surface area (Å²) in [5.74, 6) is 0.0974. The second-order valence-corrected chi connectivity index (χ2v) is 7.86. The summed E-state index contributed by atoms with van der Waals surface area (Å²) in [5.41, 5.74) is 2.59. The summed E-state index contributed by atoms with van der Waals surface area (Å²) in [5, 5.41) is 8.07. The Morgan fingerprint density at radius 1 is 1.11 bits per heavy atom. The number of nitrogens with zero attached hydrogens (tertiary/aromatic N) is 3. The Hall–Kier alpha value is -2.66. The zero-order chi connectivity index (χ0) is 19.6. The van der Waals surface area contributed by atoms with Gasteiger partial charge < -0.3 is 5.32 Å². The normalized spacial score (nSPS) is 16.6. The predicted molar refractivity (Wildman–Crippen MR) is 110 cm³/mol. The lowest BCUT2D eigenvalue weighted by atomic mass is 9.77. The number of amides is 1. The molecule has 5 nitrogen and oxygen atoms in total. The molecule has 1 aromatic heterocycles. The second-order valence-electron chi connectivity index (χ2n) is 7.42. The van der Waals surface area contributed by atoms with E-state index in [1.54, 1.807) is 11.0 Å². The van der Waals surface area contributed by atoms with Crippen LogP contribution in [0.3, 0.4) is 0 Å². The average molecular weight is 395 g/mol. The first-order valence-electron chi connectivity index (χ1n) is 9.60. The SMILES string of the molecule is C[C@H](NC(=O)C1(c2ccc(Cl)cc2)CCCC1)c1ccc(-n2cncn2)cc1. The Bertz CT molecular complexity index is 930. The van der Waals surface area contributed by atoms with E-state index in [0.717, 1.165) is 42.5 Å². The second kappa shape index (κ2) is 7.76. The van der Waals surface area contributed by atoms with Crippen molar-refractivity contribution in [3.63, 3.8) is 0 Å². The number of halogens is 1. The number of nitrogens with one attached hydrogen (secondary N) is 1. The van der Waals surface area contributed by atoms with Gasteiger partial charge in [-0.3, -0.25) is 4.79 Å². The molecule has 1 atom stereocenters. The Balaban J connectivity index is 1.52. The van der Waals surface area contributed by atoms with Crippen molar-refractivity contribution >= 4 is 17.5 Å². The first-order chi connectivity index (χ1) is 13.6. The number of carbonyl (C=O) groups excluding carboxylic acids is 1. The highest BCUT2D eigenvalue weighted by Crippen LogP contribution is 2.42. The number of carbonyl (C=O) groups is 1. The standard InChI is InChI=1S/C22H23ClN4O/c1-16(17-4-10-20(11-5-17)27-15-24-14-25-27)26-21(28)22(12-2-3-13-22)18-6-8-19(23)9-7-18/h4-11,14-16H,2-3,12-13H2,1H3,(H,26,28)/t16-/m0/s1. The van der Waals surface area contributed by atoms with Crippen molar-refractivity contribution in [2.24, 2.45) is 0 Å². The fourth-order valence-electron chi connectivity index (χ4n) is 4.07. The van der Waals surface area contributed by atoms with E-state index in [0.29, 0.717) is 5.02 Å². The highest BCUT2D eigenvalue weighted by atomic mass is 35.5. The summed E-state index contributed by atoms with van der Waals surface area (Å²) in [6.07, 6.45) is 7.05. The van der Waals surface area contributed by atoms with Gasteiger partial charge in [-0.2, -0.15) is 5.10 Å². The zero-order valence-electron chi connectivity index (χ0n) is 15.8. The van der Waals surface area contributed by atoms with Gasteiger partial charge in [-0.1, -0.05) is 48.7 Å². The average Bonchev–Trinajstić information content (AvgIpc) is 3.41. The van der Waals surface area contributed by atoms with Gasteiger partial charge in [0.15, 0.2) is 0 Å². The molecule has 0 aliphatic heterocycles. The van der Waals surface area contributed by atoms with Gasteiger partial charge in [-0.25, -0.2) is 9.67 Å². The minimum Gasteiger partial charge on any atom is -0.349 e. The van der Waals surface area contributed by atoms with Crippen LogP contribution < -0.4 is 5.32 Å². The molecule has 0 spiro atoms. The van der Waals surface area contributed by atoms with Crippen molar-refractivity contribution in [3.8, 4) is 5.69 Å². The van der Waals surface area contributed by atoms with Crippen molar-refractivity contribution in [1.82, 2.24) is 20.1 Å². The monoisotopic (exact) mass is 394 g/mol. The molecule has 1 fully saturated rings. The molecule has 3 aromatic rings. The van der Waals surface area contributed by atoms with E-state index in [1.807, 2.05) is 55.5 Å². The summed E-state index contributed by atoms with van der Waals surface area (Å²) in [6, 6.07) is 15.6. The van der Waals surface area contributed by atoms with E-state index >= 15 is 0 Å². The summed E-state index contributed by atoms with van der Waals surface area (Å²) in [4.78, 5) is 17.3. The van der Waals surface area contributed by atoms with Crippen molar-refractivity contribution in [2.45, 2.75) is 44.1 Å². The van der Waals surface area contributed by atoms with E-state index in [1.165, 1.54) is 6.33 Å². The number of benzene rings is 2. The van der Waals surface area contributed by atoms with E-state index < -0.39 is 5.41 Å². The lowest BCUT2D eigenvalue weighted by molar-refractivity contribution is -0.127. The van der Waals surface area contributed by atoms with Crippen molar-refractivity contribution in [2.75, 3.05) is 0 Å². The van der Waals surface area contributed by atoms with Crippen LogP contribution in [0.1, 0.15) is 49.8 Å². The summed E-state index contributed by atoms with van der Waals surface area (Å²) in [6.45, 7) is 2.02. The van der Waals surface area contributed by atoms with Crippen LogP contribution in [0.5, 0.6) is 0 Å². The van der Waals surface area contributed by atoms with Crippen LogP contribution in [-0.2, 0) is 10.2 Å². The van der Waals surface area contributed by atoms with Crippen molar-refractivity contribution in [1.29, 1.82) is 0 Å². The first kappa shape index (κ1) is 18.7. The predicted octanol–water partition coefficient (Wildman–Crippen LogP) is 4.61. The molecule has 1 heterocycles. The van der Waals surface area contributed by atoms with E-state index in [-0.39, 0.29) is 11.9 Å². The smallest absolute Gasteiger partial charge is 0.231 e. The van der Waals surface area contributed by atoms with Gasteiger partial charge >= 0.3 is 0 Å². The minimum atomic E-state index is -0.459. The van der Waals surface area contributed by atoms with Gasteiger partial charge in [0, 0.05) is 5.02 Å². The maximum atomic E-state index is 13.3. The van der Waals surface area contributed by atoms with Gasteiger partial charge in [0.25, 0.3) is 0 Å². The molecule has 0 unspecified atom stereocenters. The number of hydrogen-bond donors (Lipinski definition) is 1. The zero-order valence-corrected chi connectivity index (χ0v) is 16.6. The van der Waals surface area contributed by atoms with E-state index in [4.69, 9.17) is 11.6 Å². The Morgan fingerprint density at radius 2 is 1.79 bits per heavy atom. The maximum absolute atomic E-state index is 13.3. The lowest BCUT2D eigenvalue weighted by Crippen LogP contribution is -2.43. The summed E-state index contributed by atoms with van der Waals surface area (Å²) >= 11 is 6.05. The molecule has 1 aliphatic rings. The molecule has 0 saturated heterocycles. The van der Waals surface area contributed by atoms with Crippen molar-refractivity contribution in [3.05, 3.63) is 77.3 Å². The quantitative estimate of drug-likeness (QED) is 0.687. The fourth-order valence-corrected chi connectivity index (χ4v) is 4.20. The van der Waals surface area contributed by atoms with Crippen LogP contribution in [-0.4, -0.2) is 20.7 Å². The van der Waals surface area contributed by atoms with Gasteiger partial charge in [0.1, 0.15) is 12.7 Å². The van der Waals surface area contributed by atoms with Gasteiger partial charge in [0.2, 0.25) is 5.91 Å². The lowest BCUT2D eigenvalue weighted by Gasteiger charge is -2.30. The van der Waals surface area contributed by atoms with Gasteiger partial charge in [-0.15, -0.1) is 0 Å². The van der Waals surface area contributed by atoms with Crippen LogP contribution in [0.2, 0.25) is 5.02 Å². The minimum absolute atomic E-state index is 0.0814. The van der Waals surface area contributed by atoms with Crippen LogP contribution in [0.15, 0.2) is 61.2 Å². The van der Waals surface area contributed by atoms with Crippen LogP contribution >= 0.6 is 11.6 Å². The molecule has 1 N–H and O–H groups in total. The topological polar surface area (TPSA) is 59.8 Å². The highest BCUT2D eigenvalue weighted by Gasteiger charge is 2.43. The Kier molecular flexibility index (Phi) is 5.18. The molecule has 4 rings (SSSR count). The molecule has 144 valence electrons. The molecule has 1 aliphatic carbocycles. The molecule has 6 heteroatoms. The highest BCUT2D eigenvalue weighted by molar-refractivity contribution is 6.30. The van der Waals surface area contributed by atoms with E-state index in [9.17, 15) is 4.79 Å². The molecular formula is C22H23ClN4O. The summed E-state index contributed by atoms with van der Waals surface area (Å²) < 4.78 is 1.71. The molecule has 0 bridgehead atoms. The third-order valence-electron chi connectivity index (χ3n) is 5.71. The third kappa shape index (κ3) is 3.54. The summed E-state index contributed by atoms with van der Waals surface area (Å²) in [7, 11) is 0. The van der Waals surface area contributed by atoms with Gasteiger partial charge in [0.05, 0.1) is 17.1 Å². The maximum Gasteiger partial charge on any atom is 0.231 e. The molecule has 0 radical (unpaired) electrons. The van der Waals surface area contributed by atoms with Crippen LogP contribution in [0, 0.1) is 0 Å². The van der Waals surface area contributed by atoms with Crippen molar-refractivity contribution < 1.29 is 4.79 Å². The Labute approximate surface area is 169 Å². The van der Waals surface area contributed by atoms with Gasteiger partial charge in [-0.05, 0) is 55.2 Å². The van der Waals surface area contributed by atoms with E-state index in [2.05, 4.69) is 15.4 Å². The molecular weight excluding hydrogens is 372 g/mol. The van der Waals surface area contributed by atoms with Crippen LogP contribution in [0.25, 0.3) is 5.69 Å². The molecule has 1 saturated carbocycles. The number of aromatic nitrogens is 3. The third-order valence-corrected chi connectivity index (χ3v) is 5.96. The number of hydrogen-bond acceptors (Lipinski definition) is 3. The molecule has 28 heavy (non-hydrogen) atoms. The first-order valence-corrected chi connectivity index (χ1v) is 9.98. The Morgan fingerprint density at radius 3 is 2.39 bits per heavy atom. The molecule has 1 amide bonds.